The summed E-state index contributed by atoms with van der Waals surface area (Å²) in [6.45, 7) is 4.68. The Kier molecular flexibility index (Phi) is 6.17. The van der Waals surface area contributed by atoms with Crippen LogP contribution < -0.4 is 14.4 Å². The van der Waals surface area contributed by atoms with Gasteiger partial charge in [-0.15, -0.1) is 0 Å². The van der Waals surface area contributed by atoms with Crippen LogP contribution in [0.3, 0.4) is 0 Å². The third-order valence-corrected chi connectivity index (χ3v) is 5.05. The number of ether oxygens (including phenoxy) is 2. The molecular formula is C22H25F2NO3. The summed E-state index contributed by atoms with van der Waals surface area (Å²) in [4.78, 5) is 13.1. The summed E-state index contributed by atoms with van der Waals surface area (Å²) in [5.74, 6) is -0.136. The first kappa shape index (κ1) is 20.1. The third kappa shape index (κ3) is 4.61. The van der Waals surface area contributed by atoms with Crippen LogP contribution in [0.1, 0.15) is 38.2 Å². The van der Waals surface area contributed by atoms with E-state index in [-0.39, 0.29) is 29.2 Å². The van der Waals surface area contributed by atoms with Crippen LogP contribution in [0.2, 0.25) is 0 Å². The van der Waals surface area contributed by atoms with Crippen molar-refractivity contribution >= 4 is 11.5 Å². The molecule has 0 amide bonds. The lowest BCUT2D eigenvalue weighted by Gasteiger charge is -2.20. The van der Waals surface area contributed by atoms with Gasteiger partial charge in [-0.05, 0) is 30.5 Å². The minimum Gasteiger partial charge on any atom is -0.494 e. The van der Waals surface area contributed by atoms with Crippen molar-refractivity contribution in [3.63, 3.8) is 0 Å². The first-order valence-corrected chi connectivity index (χ1v) is 9.41. The van der Waals surface area contributed by atoms with Gasteiger partial charge >= 0.3 is 0 Å². The molecule has 0 aromatic heterocycles. The molecular weight excluding hydrogens is 364 g/mol. The molecule has 6 heteroatoms. The maximum Gasteiger partial charge on any atom is 0.167 e. The second-order valence-electron chi connectivity index (χ2n) is 7.29. The molecule has 0 N–H and O–H groups in total. The smallest absolute Gasteiger partial charge is 0.167 e. The molecule has 0 aliphatic carbocycles. The molecule has 1 aliphatic heterocycles. The highest BCUT2D eigenvalue weighted by molar-refractivity contribution is 5.76. The molecule has 3 rings (SSSR count). The minimum atomic E-state index is -0.585. The van der Waals surface area contributed by atoms with Gasteiger partial charge in [-0.25, -0.2) is 8.78 Å². The molecule has 150 valence electrons. The fraction of sp³-hybridized carbons (Fsp3) is 0.409. The normalized spacial score (nSPS) is 17.5. The van der Waals surface area contributed by atoms with Gasteiger partial charge in [0.2, 0.25) is 0 Å². The van der Waals surface area contributed by atoms with E-state index in [1.54, 1.807) is 11.8 Å². The summed E-state index contributed by atoms with van der Waals surface area (Å²) in [5.41, 5.74) is 1.31. The van der Waals surface area contributed by atoms with E-state index in [4.69, 9.17) is 9.47 Å². The van der Waals surface area contributed by atoms with Crippen molar-refractivity contribution in [2.75, 3.05) is 25.1 Å². The highest BCUT2D eigenvalue weighted by Gasteiger charge is 2.27. The molecule has 0 radical (unpaired) electrons. The number of rotatable bonds is 7. The van der Waals surface area contributed by atoms with E-state index in [0.717, 1.165) is 23.8 Å². The second kappa shape index (κ2) is 8.59. The van der Waals surface area contributed by atoms with Gasteiger partial charge < -0.3 is 19.2 Å². The maximum atomic E-state index is 14.3. The van der Waals surface area contributed by atoms with E-state index in [2.05, 4.69) is 0 Å². The van der Waals surface area contributed by atoms with Gasteiger partial charge in [0.15, 0.2) is 11.6 Å². The molecule has 0 bridgehead atoms. The van der Waals surface area contributed by atoms with Crippen molar-refractivity contribution in [3.05, 3.63) is 53.6 Å². The predicted octanol–water partition coefficient (Wildman–Crippen LogP) is 4.71. The summed E-state index contributed by atoms with van der Waals surface area (Å²) in [6.07, 6.45) is 1.13. The Bertz CT molecular complexity index is 838. The second-order valence-corrected chi connectivity index (χ2v) is 7.29. The average Bonchev–Trinajstić information content (AvgIpc) is 3.11. The Labute approximate surface area is 164 Å². The molecule has 1 fully saturated rings. The number of ketones is 1. The van der Waals surface area contributed by atoms with Gasteiger partial charge in [-0.1, -0.05) is 19.1 Å². The van der Waals surface area contributed by atoms with Crippen molar-refractivity contribution < 1.29 is 23.0 Å². The summed E-state index contributed by atoms with van der Waals surface area (Å²) >= 11 is 0. The Morgan fingerprint density at radius 3 is 2.57 bits per heavy atom. The fourth-order valence-electron chi connectivity index (χ4n) is 3.58. The van der Waals surface area contributed by atoms with E-state index in [1.807, 2.05) is 31.2 Å². The van der Waals surface area contributed by atoms with Crippen LogP contribution in [0, 0.1) is 11.6 Å². The average molecular weight is 389 g/mol. The van der Waals surface area contributed by atoms with E-state index in [9.17, 15) is 13.6 Å². The minimum absolute atomic E-state index is 0.104. The van der Waals surface area contributed by atoms with Gasteiger partial charge in [0.1, 0.15) is 23.5 Å². The Morgan fingerprint density at radius 2 is 1.93 bits per heavy atom. The molecule has 1 aliphatic rings. The number of hydrogen-bond acceptors (Lipinski definition) is 4. The van der Waals surface area contributed by atoms with Crippen molar-refractivity contribution in [2.45, 2.75) is 38.7 Å². The van der Waals surface area contributed by atoms with Gasteiger partial charge in [0, 0.05) is 31.5 Å². The van der Waals surface area contributed by atoms with Crippen LogP contribution in [0.5, 0.6) is 11.5 Å². The van der Waals surface area contributed by atoms with Crippen LogP contribution in [-0.4, -0.2) is 32.1 Å². The highest BCUT2D eigenvalue weighted by Crippen LogP contribution is 2.31. The number of benzene rings is 2. The zero-order valence-corrected chi connectivity index (χ0v) is 16.4. The SMILES string of the molecule is COc1cc(F)c(N2CCC(Oc3ccc([C@H](C)CC(C)=O)cc3)C2)cc1F. The molecule has 1 unspecified atom stereocenters. The van der Waals surface area contributed by atoms with E-state index in [1.165, 1.54) is 13.2 Å². The third-order valence-electron chi connectivity index (χ3n) is 5.05. The number of halogens is 2. The molecule has 1 heterocycles. The molecule has 0 spiro atoms. The fourth-order valence-corrected chi connectivity index (χ4v) is 3.58. The van der Waals surface area contributed by atoms with Crippen LogP contribution in [0.15, 0.2) is 36.4 Å². The first-order valence-electron chi connectivity index (χ1n) is 9.41. The number of hydrogen-bond donors (Lipinski definition) is 0. The van der Waals surface area contributed by atoms with Crippen LogP contribution in [-0.2, 0) is 4.79 Å². The van der Waals surface area contributed by atoms with Gasteiger partial charge in [0.05, 0.1) is 19.3 Å². The molecule has 4 nitrogen and oxygen atoms in total. The standard InChI is InChI=1S/C22H25F2NO3/c1-14(10-15(2)26)16-4-6-17(7-5-16)28-18-8-9-25(13-18)21-11-20(24)22(27-3)12-19(21)23/h4-7,11-12,14,18H,8-10,13H2,1-3H3/t14-,18?/m1/s1. The lowest BCUT2D eigenvalue weighted by molar-refractivity contribution is -0.117. The monoisotopic (exact) mass is 389 g/mol. The quantitative estimate of drug-likeness (QED) is 0.687. The number of carbonyl (C=O) groups excluding carboxylic acids is 1. The highest BCUT2D eigenvalue weighted by atomic mass is 19.1. The molecule has 1 saturated heterocycles. The Morgan fingerprint density at radius 1 is 1.21 bits per heavy atom. The molecule has 0 saturated carbocycles. The number of Topliss-reactive ketones (excluding diaryl/α,β-unsaturated/α-hetero) is 1. The molecule has 2 atom stereocenters. The Balaban J connectivity index is 1.62. The van der Waals surface area contributed by atoms with E-state index < -0.39 is 11.6 Å². The summed E-state index contributed by atoms with van der Waals surface area (Å²) in [6, 6.07) is 9.95. The summed E-state index contributed by atoms with van der Waals surface area (Å²) in [5, 5.41) is 0. The summed E-state index contributed by atoms with van der Waals surface area (Å²) in [7, 11) is 1.31. The van der Waals surface area contributed by atoms with Crippen molar-refractivity contribution in [2.24, 2.45) is 0 Å². The number of nitrogens with zero attached hydrogens (tertiary/aromatic N) is 1. The van der Waals surface area contributed by atoms with Gasteiger partial charge in [-0.2, -0.15) is 0 Å². The number of anilines is 1. The van der Waals surface area contributed by atoms with E-state index in [0.29, 0.717) is 19.5 Å². The van der Waals surface area contributed by atoms with Gasteiger partial charge in [-0.3, -0.25) is 0 Å². The largest absolute Gasteiger partial charge is 0.494 e. The first-order chi connectivity index (χ1) is 13.4. The topological polar surface area (TPSA) is 38.8 Å². The van der Waals surface area contributed by atoms with E-state index >= 15 is 0 Å². The lowest BCUT2D eigenvalue weighted by Crippen LogP contribution is -2.25. The van der Waals surface area contributed by atoms with Crippen LogP contribution in [0.25, 0.3) is 0 Å². The Hall–Kier alpha value is -2.63. The lowest BCUT2D eigenvalue weighted by atomic mass is 9.96. The maximum absolute atomic E-state index is 14.3. The predicted molar refractivity (Wildman–Crippen MR) is 104 cm³/mol. The van der Waals surface area contributed by atoms with Crippen molar-refractivity contribution in [1.29, 1.82) is 0 Å². The van der Waals surface area contributed by atoms with Gasteiger partial charge in [0.25, 0.3) is 0 Å². The molecule has 2 aromatic rings. The van der Waals surface area contributed by atoms with Crippen molar-refractivity contribution in [1.82, 2.24) is 0 Å². The summed E-state index contributed by atoms with van der Waals surface area (Å²) < 4.78 is 39.0. The molecule has 2 aromatic carbocycles. The van der Waals surface area contributed by atoms with Crippen molar-refractivity contribution in [3.8, 4) is 11.5 Å². The zero-order chi connectivity index (χ0) is 20.3. The number of carbonyl (C=O) groups is 1. The number of methoxy groups -OCH3 is 1. The zero-order valence-electron chi connectivity index (χ0n) is 16.4. The van der Waals surface area contributed by atoms with Crippen LogP contribution in [0.4, 0.5) is 14.5 Å². The van der Waals surface area contributed by atoms with Crippen LogP contribution >= 0.6 is 0 Å². The molecule has 28 heavy (non-hydrogen) atoms.